The number of halogens is 1. The van der Waals surface area contributed by atoms with E-state index in [1.54, 1.807) is 30.0 Å². The Labute approximate surface area is 121 Å². The molecule has 0 fully saturated rings. The second-order valence-electron chi connectivity index (χ2n) is 4.11. The molecule has 2 nitrogen and oxygen atoms in total. The van der Waals surface area contributed by atoms with Crippen molar-refractivity contribution in [3.05, 3.63) is 66.0 Å². The number of nitrogens with one attached hydrogen (secondary N) is 1. The largest absolute Gasteiger partial charge is 0.322 e. The lowest BCUT2D eigenvalue weighted by Gasteiger charge is -2.03. The Kier molecular flexibility index (Phi) is 4.96. The maximum atomic E-state index is 13.0. The van der Waals surface area contributed by atoms with E-state index in [1.807, 2.05) is 30.5 Å². The molecule has 2 rings (SSSR count). The van der Waals surface area contributed by atoms with Crippen molar-refractivity contribution < 1.29 is 9.18 Å². The molecule has 0 atom stereocenters. The van der Waals surface area contributed by atoms with Gasteiger partial charge in [-0.1, -0.05) is 18.2 Å². The molecule has 4 heteroatoms. The molecule has 0 aliphatic rings. The fourth-order valence-electron chi connectivity index (χ4n) is 1.67. The lowest BCUT2D eigenvalue weighted by molar-refractivity contribution is -0.111. The average Bonchev–Trinajstić information content (AvgIpc) is 2.45. The molecule has 2 aromatic carbocycles. The molecule has 0 unspecified atom stereocenters. The van der Waals surface area contributed by atoms with Crippen molar-refractivity contribution in [2.24, 2.45) is 0 Å². The third-order valence-electron chi connectivity index (χ3n) is 2.61. The Bertz CT molecular complexity index is 640. The quantitative estimate of drug-likeness (QED) is 0.674. The summed E-state index contributed by atoms with van der Waals surface area (Å²) in [5, 5.41) is 2.77. The van der Waals surface area contributed by atoms with Gasteiger partial charge in [-0.3, -0.25) is 4.79 Å². The molecule has 0 bridgehead atoms. The summed E-state index contributed by atoms with van der Waals surface area (Å²) in [5.41, 5.74) is 1.39. The first-order valence-electron chi connectivity index (χ1n) is 6.06. The minimum Gasteiger partial charge on any atom is -0.322 e. The van der Waals surface area contributed by atoms with Gasteiger partial charge in [-0.2, -0.15) is 0 Å². The highest BCUT2D eigenvalue weighted by atomic mass is 32.2. The normalized spacial score (nSPS) is 10.7. The standard InChI is InChI=1S/C16H14FNOS/c1-20-15-7-3-6-14(11-15)18-16(19)9-8-12-4-2-5-13(17)10-12/h2-11H,1H3,(H,18,19)/b9-8+. The third-order valence-corrected chi connectivity index (χ3v) is 3.34. The zero-order valence-electron chi connectivity index (χ0n) is 11.0. The Hall–Kier alpha value is -2.07. The first kappa shape index (κ1) is 14.3. The van der Waals surface area contributed by atoms with E-state index in [-0.39, 0.29) is 11.7 Å². The van der Waals surface area contributed by atoms with Crippen molar-refractivity contribution in [1.82, 2.24) is 0 Å². The van der Waals surface area contributed by atoms with Gasteiger partial charge < -0.3 is 5.32 Å². The lowest BCUT2D eigenvalue weighted by atomic mass is 10.2. The van der Waals surface area contributed by atoms with Crippen LogP contribution in [0.2, 0.25) is 0 Å². The molecule has 2 aromatic rings. The maximum Gasteiger partial charge on any atom is 0.248 e. The second-order valence-corrected chi connectivity index (χ2v) is 4.99. The molecule has 0 radical (unpaired) electrons. The molecule has 0 saturated heterocycles. The van der Waals surface area contributed by atoms with Gasteiger partial charge in [0.25, 0.3) is 0 Å². The van der Waals surface area contributed by atoms with Crippen LogP contribution in [0.1, 0.15) is 5.56 Å². The number of hydrogen-bond acceptors (Lipinski definition) is 2. The molecule has 0 aliphatic heterocycles. The zero-order chi connectivity index (χ0) is 14.4. The SMILES string of the molecule is CSc1cccc(NC(=O)/C=C/c2cccc(F)c2)c1. The summed E-state index contributed by atoms with van der Waals surface area (Å²) in [4.78, 5) is 12.9. The number of thioether (sulfide) groups is 1. The van der Waals surface area contributed by atoms with E-state index < -0.39 is 0 Å². The summed E-state index contributed by atoms with van der Waals surface area (Å²) < 4.78 is 13.0. The van der Waals surface area contributed by atoms with Gasteiger partial charge in [0.2, 0.25) is 5.91 Å². The number of rotatable bonds is 4. The fraction of sp³-hybridized carbons (Fsp3) is 0.0625. The number of anilines is 1. The summed E-state index contributed by atoms with van der Waals surface area (Å²) in [6, 6.07) is 13.7. The van der Waals surface area contributed by atoms with Crippen LogP contribution >= 0.6 is 11.8 Å². The van der Waals surface area contributed by atoms with Crippen LogP contribution in [0.3, 0.4) is 0 Å². The van der Waals surface area contributed by atoms with E-state index in [1.165, 1.54) is 18.2 Å². The van der Waals surface area contributed by atoms with Gasteiger partial charge in [0.1, 0.15) is 5.82 Å². The van der Waals surface area contributed by atoms with Crippen molar-refractivity contribution >= 4 is 29.4 Å². The predicted octanol–water partition coefficient (Wildman–Crippen LogP) is 4.20. The second kappa shape index (κ2) is 6.91. The minimum absolute atomic E-state index is 0.243. The molecule has 0 aliphatic carbocycles. The van der Waals surface area contributed by atoms with E-state index in [4.69, 9.17) is 0 Å². The monoisotopic (exact) mass is 287 g/mol. The van der Waals surface area contributed by atoms with Crippen LogP contribution in [-0.2, 0) is 4.79 Å². The van der Waals surface area contributed by atoms with Crippen LogP contribution < -0.4 is 5.32 Å². The maximum absolute atomic E-state index is 13.0. The van der Waals surface area contributed by atoms with Crippen molar-refractivity contribution in [3.8, 4) is 0 Å². The average molecular weight is 287 g/mol. The van der Waals surface area contributed by atoms with Gasteiger partial charge in [0, 0.05) is 16.7 Å². The molecular weight excluding hydrogens is 273 g/mol. The van der Waals surface area contributed by atoms with E-state index in [9.17, 15) is 9.18 Å². The summed E-state index contributed by atoms with van der Waals surface area (Å²) in [6.07, 6.45) is 4.95. The van der Waals surface area contributed by atoms with Crippen LogP contribution in [0.15, 0.2) is 59.5 Å². The molecule has 0 spiro atoms. The van der Waals surface area contributed by atoms with Crippen LogP contribution in [0.25, 0.3) is 6.08 Å². The molecule has 20 heavy (non-hydrogen) atoms. The molecular formula is C16H14FNOS. The van der Waals surface area contributed by atoms with Crippen molar-refractivity contribution in [1.29, 1.82) is 0 Å². The number of carbonyl (C=O) groups excluding carboxylic acids is 1. The summed E-state index contributed by atoms with van der Waals surface area (Å²) >= 11 is 1.61. The smallest absolute Gasteiger partial charge is 0.248 e. The van der Waals surface area contributed by atoms with Crippen molar-refractivity contribution in [2.45, 2.75) is 4.90 Å². The van der Waals surface area contributed by atoms with Crippen molar-refractivity contribution in [2.75, 3.05) is 11.6 Å². The Morgan fingerprint density at radius 1 is 1.20 bits per heavy atom. The molecule has 0 aromatic heterocycles. The van der Waals surface area contributed by atoms with E-state index >= 15 is 0 Å². The first-order chi connectivity index (χ1) is 9.67. The lowest BCUT2D eigenvalue weighted by Crippen LogP contribution is -2.07. The van der Waals surface area contributed by atoms with Gasteiger partial charge in [-0.05, 0) is 48.2 Å². The van der Waals surface area contributed by atoms with Crippen molar-refractivity contribution in [3.63, 3.8) is 0 Å². The minimum atomic E-state index is -0.319. The Morgan fingerprint density at radius 3 is 2.75 bits per heavy atom. The summed E-state index contributed by atoms with van der Waals surface area (Å²) in [5.74, 6) is -0.562. The molecule has 0 heterocycles. The number of carbonyl (C=O) groups is 1. The van der Waals surface area contributed by atoms with Gasteiger partial charge in [0.15, 0.2) is 0 Å². The Balaban J connectivity index is 2.01. The van der Waals surface area contributed by atoms with Gasteiger partial charge in [-0.25, -0.2) is 4.39 Å². The molecule has 102 valence electrons. The topological polar surface area (TPSA) is 29.1 Å². The summed E-state index contributed by atoms with van der Waals surface area (Å²) in [7, 11) is 0. The molecule has 1 amide bonds. The highest BCUT2D eigenvalue weighted by molar-refractivity contribution is 7.98. The molecule has 1 N–H and O–H groups in total. The van der Waals surface area contributed by atoms with E-state index in [0.717, 1.165) is 10.6 Å². The van der Waals surface area contributed by atoms with Crippen LogP contribution in [0.4, 0.5) is 10.1 Å². The van der Waals surface area contributed by atoms with E-state index in [0.29, 0.717) is 5.56 Å². The van der Waals surface area contributed by atoms with Gasteiger partial charge in [-0.15, -0.1) is 11.8 Å². The van der Waals surface area contributed by atoms with E-state index in [2.05, 4.69) is 5.32 Å². The van der Waals surface area contributed by atoms with Crippen LogP contribution in [0, 0.1) is 5.82 Å². The predicted molar refractivity (Wildman–Crippen MR) is 82.3 cm³/mol. The highest BCUT2D eigenvalue weighted by Crippen LogP contribution is 2.18. The zero-order valence-corrected chi connectivity index (χ0v) is 11.8. The van der Waals surface area contributed by atoms with Gasteiger partial charge >= 0.3 is 0 Å². The first-order valence-corrected chi connectivity index (χ1v) is 7.28. The molecule has 0 saturated carbocycles. The number of amides is 1. The fourth-order valence-corrected chi connectivity index (χ4v) is 2.13. The van der Waals surface area contributed by atoms with Crippen LogP contribution in [0.5, 0.6) is 0 Å². The van der Waals surface area contributed by atoms with Crippen LogP contribution in [-0.4, -0.2) is 12.2 Å². The Morgan fingerprint density at radius 2 is 2.00 bits per heavy atom. The third kappa shape index (κ3) is 4.24. The number of hydrogen-bond donors (Lipinski definition) is 1. The highest BCUT2D eigenvalue weighted by Gasteiger charge is 1.99. The van der Waals surface area contributed by atoms with Gasteiger partial charge in [0.05, 0.1) is 0 Å². The number of benzene rings is 2. The summed E-state index contributed by atoms with van der Waals surface area (Å²) in [6.45, 7) is 0.